The first-order valence-electron chi connectivity index (χ1n) is 7.55. The van der Waals surface area contributed by atoms with Crippen molar-refractivity contribution in [3.63, 3.8) is 0 Å². The molecule has 2 N–H and O–H groups in total. The Bertz CT molecular complexity index is 693. The minimum Gasteiger partial charge on any atom is -0.496 e. The Morgan fingerprint density at radius 1 is 1.40 bits per heavy atom. The van der Waals surface area contributed by atoms with Crippen molar-refractivity contribution in [3.8, 4) is 5.75 Å². The number of rotatable bonds is 7. The summed E-state index contributed by atoms with van der Waals surface area (Å²) in [6.07, 6.45) is 0.109. The van der Waals surface area contributed by atoms with E-state index in [0.717, 1.165) is 0 Å². The average molecular weight is 371 g/mol. The Kier molecular flexibility index (Phi) is 6.22. The molecule has 1 unspecified atom stereocenters. The Balaban J connectivity index is 2.11. The van der Waals surface area contributed by atoms with E-state index >= 15 is 0 Å². The zero-order valence-electron chi connectivity index (χ0n) is 13.9. The number of amides is 2. The van der Waals surface area contributed by atoms with Crippen molar-refractivity contribution in [2.75, 3.05) is 39.2 Å². The Hall–Kier alpha value is -2.32. The van der Waals surface area contributed by atoms with Crippen LogP contribution < -0.4 is 10.1 Å². The van der Waals surface area contributed by atoms with E-state index in [9.17, 15) is 14.4 Å². The second-order valence-electron chi connectivity index (χ2n) is 5.56. The predicted molar refractivity (Wildman–Crippen MR) is 90.2 cm³/mol. The van der Waals surface area contributed by atoms with E-state index in [1.165, 1.54) is 19.2 Å². The lowest BCUT2D eigenvalue weighted by atomic mass is 10.1. The number of carboxylic acids is 1. The molecule has 0 saturated carbocycles. The SMILES string of the molecule is COCCN1CC(C(=O)Nc2cc(OC)c(C(=O)O)cc2Cl)CC1=O. The third-order valence-electron chi connectivity index (χ3n) is 3.93. The van der Waals surface area contributed by atoms with Gasteiger partial charge in [-0.25, -0.2) is 4.79 Å². The standard InChI is InChI=1S/C16H19ClN2O6/c1-24-4-3-19-8-9(5-14(19)20)15(21)18-12-7-13(25-2)10(16(22)23)6-11(12)17/h6-7,9H,3-5,8H2,1-2H3,(H,18,21)(H,22,23). The van der Waals surface area contributed by atoms with Gasteiger partial charge in [0, 0.05) is 32.7 Å². The molecule has 0 spiro atoms. The quantitative estimate of drug-likeness (QED) is 0.753. The summed E-state index contributed by atoms with van der Waals surface area (Å²) in [7, 11) is 2.87. The number of hydrogen-bond acceptors (Lipinski definition) is 5. The molecule has 0 bridgehead atoms. The zero-order chi connectivity index (χ0) is 18.6. The molecule has 0 aliphatic carbocycles. The van der Waals surface area contributed by atoms with E-state index < -0.39 is 11.9 Å². The van der Waals surface area contributed by atoms with Crippen molar-refractivity contribution >= 4 is 35.1 Å². The molecule has 1 aromatic carbocycles. The van der Waals surface area contributed by atoms with E-state index in [4.69, 9.17) is 26.2 Å². The van der Waals surface area contributed by atoms with Crippen LogP contribution in [-0.2, 0) is 14.3 Å². The summed E-state index contributed by atoms with van der Waals surface area (Å²) in [5.41, 5.74) is 0.128. The van der Waals surface area contributed by atoms with Gasteiger partial charge in [-0.15, -0.1) is 0 Å². The highest BCUT2D eigenvalue weighted by Crippen LogP contribution is 2.32. The van der Waals surface area contributed by atoms with Gasteiger partial charge < -0.3 is 24.8 Å². The maximum Gasteiger partial charge on any atom is 0.339 e. The number of ether oxygens (including phenoxy) is 2. The van der Waals surface area contributed by atoms with Gasteiger partial charge in [-0.3, -0.25) is 9.59 Å². The molecule has 8 nitrogen and oxygen atoms in total. The number of carbonyl (C=O) groups excluding carboxylic acids is 2. The number of anilines is 1. The smallest absolute Gasteiger partial charge is 0.339 e. The number of aromatic carboxylic acids is 1. The fourth-order valence-electron chi connectivity index (χ4n) is 2.59. The Morgan fingerprint density at radius 2 is 2.12 bits per heavy atom. The van der Waals surface area contributed by atoms with Crippen LogP contribution in [0.2, 0.25) is 5.02 Å². The van der Waals surface area contributed by atoms with Gasteiger partial charge in [-0.05, 0) is 6.07 Å². The lowest BCUT2D eigenvalue weighted by Gasteiger charge is -2.16. The molecule has 1 aliphatic rings. The molecular weight excluding hydrogens is 352 g/mol. The highest BCUT2D eigenvalue weighted by molar-refractivity contribution is 6.34. The average Bonchev–Trinajstić information content (AvgIpc) is 2.95. The summed E-state index contributed by atoms with van der Waals surface area (Å²) < 4.78 is 9.96. The summed E-state index contributed by atoms with van der Waals surface area (Å²) in [5.74, 6) is -2.09. The minimum atomic E-state index is -1.19. The topological polar surface area (TPSA) is 105 Å². The van der Waals surface area contributed by atoms with Gasteiger partial charge in [0.15, 0.2) is 0 Å². The van der Waals surface area contributed by atoms with Gasteiger partial charge >= 0.3 is 5.97 Å². The molecule has 1 aliphatic heterocycles. The number of halogens is 1. The number of hydrogen-bond donors (Lipinski definition) is 2. The molecule has 1 fully saturated rings. The van der Waals surface area contributed by atoms with Crippen LogP contribution in [0.25, 0.3) is 0 Å². The van der Waals surface area contributed by atoms with Crippen molar-refractivity contribution in [3.05, 3.63) is 22.7 Å². The molecule has 9 heteroatoms. The van der Waals surface area contributed by atoms with Crippen LogP contribution in [-0.4, -0.2) is 61.7 Å². The molecule has 1 heterocycles. The van der Waals surface area contributed by atoms with Crippen LogP contribution >= 0.6 is 11.6 Å². The second-order valence-corrected chi connectivity index (χ2v) is 5.97. The molecule has 1 atom stereocenters. The lowest BCUT2D eigenvalue weighted by molar-refractivity contribution is -0.128. The van der Waals surface area contributed by atoms with E-state index in [0.29, 0.717) is 19.7 Å². The van der Waals surface area contributed by atoms with Gasteiger partial charge in [0.25, 0.3) is 0 Å². The van der Waals surface area contributed by atoms with E-state index in [2.05, 4.69) is 5.32 Å². The molecular formula is C16H19ClN2O6. The summed E-state index contributed by atoms with van der Waals surface area (Å²) in [6, 6.07) is 2.56. The summed E-state index contributed by atoms with van der Waals surface area (Å²) in [4.78, 5) is 37.1. The number of likely N-dealkylation sites (tertiary alicyclic amines) is 1. The number of nitrogens with one attached hydrogen (secondary N) is 1. The number of nitrogens with zero attached hydrogens (tertiary/aromatic N) is 1. The molecule has 0 aromatic heterocycles. The van der Waals surface area contributed by atoms with E-state index in [-0.39, 0.29) is 40.3 Å². The van der Waals surface area contributed by atoms with Gasteiger partial charge in [0.2, 0.25) is 11.8 Å². The summed E-state index contributed by atoms with van der Waals surface area (Å²) >= 11 is 6.05. The van der Waals surface area contributed by atoms with Crippen molar-refractivity contribution in [1.29, 1.82) is 0 Å². The van der Waals surface area contributed by atoms with Crippen LogP contribution in [0.15, 0.2) is 12.1 Å². The van der Waals surface area contributed by atoms with Crippen LogP contribution in [0, 0.1) is 5.92 Å². The van der Waals surface area contributed by atoms with Crippen LogP contribution in [0.1, 0.15) is 16.8 Å². The van der Waals surface area contributed by atoms with Gasteiger partial charge in [-0.2, -0.15) is 0 Å². The van der Waals surface area contributed by atoms with Gasteiger partial charge in [0.05, 0.1) is 30.3 Å². The highest BCUT2D eigenvalue weighted by Gasteiger charge is 2.34. The van der Waals surface area contributed by atoms with Gasteiger partial charge in [-0.1, -0.05) is 11.6 Å². The number of carboxylic acid groups (broad SMARTS) is 1. The second kappa shape index (κ2) is 8.17. The van der Waals surface area contributed by atoms with Crippen LogP contribution in [0.5, 0.6) is 5.75 Å². The number of methoxy groups -OCH3 is 2. The largest absolute Gasteiger partial charge is 0.496 e. The van der Waals surface area contributed by atoms with E-state index in [1.54, 1.807) is 12.0 Å². The Morgan fingerprint density at radius 3 is 2.72 bits per heavy atom. The first-order valence-corrected chi connectivity index (χ1v) is 7.93. The summed E-state index contributed by atoms with van der Waals surface area (Å²) in [6.45, 7) is 1.14. The zero-order valence-corrected chi connectivity index (χ0v) is 14.6. The van der Waals surface area contributed by atoms with Crippen molar-refractivity contribution < 1.29 is 29.0 Å². The predicted octanol–water partition coefficient (Wildman–Crippen LogP) is 1.48. The molecule has 1 saturated heterocycles. The molecule has 2 rings (SSSR count). The molecule has 25 heavy (non-hydrogen) atoms. The lowest BCUT2D eigenvalue weighted by Crippen LogP contribution is -2.30. The van der Waals surface area contributed by atoms with Crippen LogP contribution in [0.4, 0.5) is 5.69 Å². The van der Waals surface area contributed by atoms with Crippen molar-refractivity contribution in [2.24, 2.45) is 5.92 Å². The highest BCUT2D eigenvalue weighted by atomic mass is 35.5. The minimum absolute atomic E-state index is 0.0760. The molecule has 136 valence electrons. The molecule has 2 amide bonds. The monoisotopic (exact) mass is 370 g/mol. The first kappa shape index (κ1) is 19.0. The fraction of sp³-hybridized carbons (Fsp3) is 0.438. The number of carbonyl (C=O) groups is 3. The molecule has 0 radical (unpaired) electrons. The van der Waals surface area contributed by atoms with Crippen molar-refractivity contribution in [2.45, 2.75) is 6.42 Å². The maximum atomic E-state index is 12.4. The third-order valence-corrected chi connectivity index (χ3v) is 4.24. The summed E-state index contributed by atoms with van der Waals surface area (Å²) in [5, 5.41) is 11.8. The first-order chi connectivity index (χ1) is 11.9. The Labute approximate surface area is 149 Å². The maximum absolute atomic E-state index is 12.4. The third kappa shape index (κ3) is 4.40. The van der Waals surface area contributed by atoms with E-state index in [1.807, 2.05) is 0 Å². The van der Waals surface area contributed by atoms with Crippen LogP contribution in [0.3, 0.4) is 0 Å². The number of benzene rings is 1. The molecule has 1 aromatic rings. The van der Waals surface area contributed by atoms with Gasteiger partial charge in [0.1, 0.15) is 11.3 Å². The van der Waals surface area contributed by atoms with Crippen molar-refractivity contribution in [1.82, 2.24) is 4.90 Å². The normalized spacial score (nSPS) is 16.8. The fourth-order valence-corrected chi connectivity index (χ4v) is 2.80.